The van der Waals surface area contributed by atoms with Crippen LogP contribution in [-0.4, -0.2) is 58.0 Å². The van der Waals surface area contributed by atoms with E-state index in [1.54, 1.807) is 7.05 Å². The Morgan fingerprint density at radius 3 is 2.26 bits per heavy atom. The van der Waals surface area contributed by atoms with Crippen LogP contribution in [-0.2, 0) is 9.84 Å². The van der Waals surface area contributed by atoms with Crippen LogP contribution in [0.5, 0.6) is 0 Å². The quantitative estimate of drug-likeness (QED) is 0.437. The zero-order chi connectivity index (χ0) is 13.8. The summed E-state index contributed by atoms with van der Waals surface area (Å²) in [6.45, 7) is 6.88. The molecule has 1 fully saturated rings. The third-order valence-electron chi connectivity index (χ3n) is 3.14. The van der Waals surface area contributed by atoms with Crippen LogP contribution in [0.1, 0.15) is 20.3 Å². The van der Waals surface area contributed by atoms with Crippen molar-refractivity contribution in [2.75, 3.05) is 38.7 Å². The average Bonchev–Trinajstić information content (AvgIpc) is 2.21. The van der Waals surface area contributed by atoms with Gasteiger partial charge in [0, 0.05) is 32.9 Å². The van der Waals surface area contributed by atoms with Gasteiger partial charge in [-0.1, -0.05) is 13.8 Å². The largest absolute Gasteiger partial charge is 0.355 e. The fourth-order valence-electron chi connectivity index (χ4n) is 2.52. The normalized spacial score (nSPS) is 24.8. The van der Waals surface area contributed by atoms with Crippen molar-refractivity contribution < 1.29 is 8.42 Å². The third kappa shape index (κ3) is 7.34. The standard InChI is InChI=1S/C12H25N3O2S.HI/c1-10-7-11(2)9-15(8-10)12(13-3)14-5-6-18(4,16)17;/h10-11H,5-9H2,1-4H3,(H,13,14);1H. The van der Waals surface area contributed by atoms with Crippen molar-refractivity contribution in [3.63, 3.8) is 0 Å². The molecule has 19 heavy (non-hydrogen) atoms. The molecule has 1 aliphatic heterocycles. The number of guanidine groups is 1. The van der Waals surface area contributed by atoms with Gasteiger partial charge in [-0.05, 0) is 18.3 Å². The Hall–Kier alpha value is -0.0500. The van der Waals surface area contributed by atoms with Crippen molar-refractivity contribution in [1.29, 1.82) is 0 Å². The van der Waals surface area contributed by atoms with Crippen LogP contribution < -0.4 is 5.32 Å². The molecule has 1 N–H and O–H groups in total. The highest BCUT2D eigenvalue weighted by atomic mass is 127. The van der Waals surface area contributed by atoms with Crippen LogP contribution in [0.25, 0.3) is 0 Å². The van der Waals surface area contributed by atoms with E-state index >= 15 is 0 Å². The van der Waals surface area contributed by atoms with Gasteiger partial charge in [-0.25, -0.2) is 8.42 Å². The summed E-state index contributed by atoms with van der Waals surface area (Å²) in [5, 5.41) is 3.13. The fraction of sp³-hybridized carbons (Fsp3) is 0.917. The zero-order valence-electron chi connectivity index (χ0n) is 12.2. The molecule has 0 aromatic rings. The fourth-order valence-corrected chi connectivity index (χ4v) is 2.99. The molecule has 2 atom stereocenters. The lowest BCUT2D eigenvalue weighted by atomic mass is 9.92. The van der Waals surface area contributed by atoms with Crippen LogP contribution in [0.15, 0.2) is 4.99 Å². The molecule has 0 spiro atoms. The molecule has 0 amide bonds. The van der Waals surface area contributed by atoms with Crippen molar-refractivity contribution >= 4 is 39.8 Å². The topological polar surface area (TPSA) is 61.8 Å². The summed E-state index contributed by atoms with van der Waals surface area (Å²) in [5.74, 6) is 2.27. The van der Waals surface area contributed by atoms with Gasteiger partial charge in [0.1, 0.15) is 9.84 Å². The van der Waals surface area contributed by atoms with Gasteiger partial charge in [-0.15, -0.1) is 24.0 Å². The predicted molar refractivity (Wildman–Crippen MR) is 91.0 cm³/mol. The number of likely N-dealkylation sites (tertiary alicyclic amines) is 1. The highest BCUT2D eigenvalue weighted by Crippen LogP contribution is 2.20. The number of aliphatic imine (C=N–C) groups is 1. The average molecular weight is 403 g/mol. The third-order valence-corrected chi connectivity index (χ3v) is 4.08. The van der Waals surface area contributed by atoms with E-state index in [0.29, 0.717) is 18.4 Å². The van der Waals surface area contributed by atoms with Gasteiger partial charge in [0.15, 0.2) is 5.96 Å². The van der Waals surface area contributed by atoms with Crippen molar-refractivity contribution in [3.05, 3.63) is 0 Å². The molecular weight excluding hydrogens is 377 g/mol. The molecule has 1 rings (SSSR count). The molecule has 1 heterocycles. The molecule has 0 saturated carbocycles. The SMILES string of the molecule is CN=C(NCCS(C)(=O)=O)N1CC(C)CC(C)C1.I. The van der Waals surface area contributed by atoms with Gasteiger partial charge in [-0.3, -0.25) is 4.99 Å². The first-order valence-corrected chi connectivity index (χ1v) is 8.51. The molecule has 1 aliphatic rings. The van der Waals surface area contributed by atoms with E-state index in [1.165, 1.54) is 12.7 Å². The molecule has 2 unspecified atom stereocenters. The van der Waals surface area contributed by atoms with Gasteiger partial charge < -0.3 is 10.2 Å². The second-order valence-electron chi connectivity index (χ2n) is 5.45. The van der Waals surface area contributed by atoms with Gasteiger partial charge in [0.2, 0.25) is 0 Å². The monoisotopic (exact) mass is 403 g/mol. The smallest absolute Gasteiger partial charge is 0.193 e. The lowest BCUT2D eigenvalue weighted by Gasteiger charge is -2.37. The zero-order valence-corrected chi connectivity index (χ0v) is 15.4. The molecule has 0 bridgehead atoms. The van der Waals surface area contributed by atoms with Crippen LogP contribution in [0.2, 0.25) is 0 Å². The minimum Gasteiger partial charge on any atom is -0.355 e. The first-order valence-electron chi connectivity index (χ1n) is 6.45. The number of nitrogens with one attached hydrogen (secondary N) is 1. The van der Waals surface area contributed by atoms with E-state index in [4.69, 9.17) is 0 Å². The van der Waals surface area contributed by atoms with E-state index < -0.39 is 9.84 Å². The second kappa shape index (κ2) is 8.28. The number of hydrogen-bond acceptors (Lipinski definition) is 3. The molecule has 5 nitrogen and oxygen atoms in total. The summed E-state index contributed by atoms with van der Waals surface area (Å²) in [4.78, 5) is 6.46. The lowest BCUT2D eigenvalue weighted by Crippen LogP contribution is -2.49. The number of sulfone groups is 1. The van der Waals surface area contributed by atoms with Gasteiger partial charge >= 0.3 is 0 Å². The summed E-state index contributed by atoms with van der Waals surface area (Å²) < 4.78 is 22.2. The van der Waals surface area contributed by atoms with E-state index in [1.807, 2.05) is 0 Å². The summed E-state index contributed by atoms with van der Waals surface area (Å²) in [5.41, 5.74) is 0. The molecular formula is C12H26IN3O2S. The highest BCUT2D eigenvalue weighted by molar-refractivity contribution is 14.0. The Balaban J connectivity index is 0.00000324. The minimum atomic E-state index is -2.92. The molecule has 114 valence electrons. The number of rotatable bonds is 3. The maximum absolute atomic E-state index is 11.1. The number of nitrogens with zero attached hydrogens (tertiary/aromatic N) is 2. The van der Waals surface area contributed by atoms with Crippen molar-refractivity contribution in [2.24, 2.45) is 16.8 Å². The number of piperidine rings is 1. The second-order valence-corrected chi connectivity index (χ2v) is 7.71. The first-order chi connectivity index (χ1) is 8.31. The maximum atomic E-state index is 11.1. The van der Waals surface area contributed by atoms with E-state index in [-0.39, 0.29) is 29.7 Å². The highest BCUT2D eigenvalue weighted by Gasteiger charge is 2.23. The number of halogens is 1. The van der Waals surface area contributed by atoms with Crippen molar-refractivity contribution in [2.45, 2.75) is 20.3 Å². The maximum Gasteiger partial charge on any atom is 0.193 e. The molecule has 0 aromatic heterocycles. The predicted octanol–water partition coefficient (Wildman–Crippen LogP) is 1.20. The van der Waals surface area contributed by atoms with Crippen LogP contribution in [0.3, 0.4) is 0 Å². The lowest BCUT2D eigenvalue weighted by molar-refractivity contribution is 0.209. The Morgan fingerprint density at radius 2 is 1.84 bits per heavy atom. The molecule has 7 heteroatoms. The van der Waals surface area contributed by atoms with Gasteiger partial charge in [0.05, 0.1) is 5.75 Å². The molecule has 1 saturated heterocycles. The van der Waals surface area contributed by atoms with Crippen LogP contribution in [0.4, 0.5) is 0 Å². The van der Waals surface area contributed by atoms with Gasteiger partial charge in [-0.2, -0.15) is 0 Å². The van der Waals surface area contributed by atoms with E-state index in [0.717, 1.165) is 19.0 Å². The van der Waals surface area contributed by atoms with E-state index in [2.05, 4.69) is 29.1 Å². The summed E-state index contributed by atoms with van der Waals surface area (Å²) in [6, 6.07) is 0. The van der Waals surface area contributed by atoms with Crippen molar-refractivity contribution in [3.8, 4) is 0 Å². The van der Waals surface area contributed by atoms with Crippen molar-refractivity contribution in [1.82, 2.24) is 10.2 Å². The summed E-state index contributed by atoms with van der Waals surface area (Å²) in [6.07, 6.45) is 2.50. The number of hydrogen-bond donors (Lipinski definition) is 1. The van der Waals surface area contributed by atoms with Crippen LogP contribution in [0, 0.1) is 11.8 Å². The Labute approximate surface area is 134 Å². The Morgan fingerprint density at radius 1 is 1.32 bits per heavy atom. The van der Waals surface area contributed by atoms with E-state index in [9.17, 15) is 8.42 Å². The molecule has 0 aliphatic carbocycles. The summed E-state index contributed by atoms with van der Waals surface area (Å²) >= 11 is 0. The Kier molecular flexibility index (Phi) is 8.26. The molecule has 0 radical (unpaired) electrons. The summed E-state index contributed by atoms with van der Waals surface area (Å²) in [7, 11) is -1.17. The van der Waals surface area contributed by atoms with Crippen LogP contribution >= 0.6 is 24.0 Å². The van der Waals surface area contributed by atoms with Gasteiger partial charge in [0.25, 0.3) is 0 Å². The first kappa shape index (κ1) is 18.9. The Bertz CT molecular complexity index is 388. The molecule has 0 aromatic carbocycles. The minimum absolute atomic E-state index is 0.